The van der Waals surface area contributed by atoms with E-state index in [0.29, 0.717) is 5.92 Å². The fourth-order valence-corrected chi connectivity index (χ4v) is 3.74. The van der Waals surface area contributed by atoms with Crippen molar-refractivity contribution < 1.29 is 9.59 Å². The normalized spacial score (nSPS) is 32.3. The van der Waals surface area contributed by atoms with Gasteiger partial charge in [-0.2, -0.15) is 0 Å². The second kappa shape index (κ2) is 4.67. The van der Waals surface area contributed by atoms with Crippen molar-refractivity contribution in [3.63, 3.8) is 0 Å². The molecule has 2 aliphatic rings. The Bertz CT molecular complexity index is 356. The van der Waals surface area contributed by atoms with Gasteiger partial charge >= 0.3 is 0 Å². The van der Waals surface area contributed by atoms with Crippen LogP contribution in [0.15, 0.2) is 0 Å². The van der Waals surface area contributed by atoms with Crippen LogP contribution >= 0.6 is 0 Å². The van der Waals surface area contributed by atoms with Gasteiger partial charge < -0.3 is 5.32 Å². The molecule has 0 saturated heterocycles. The predicted molar refractivity (Wildman–Crippen MR) is 71.0 cm³/mol. The van der Waals surface area contributed by atoms with Gasteiger partial charge in [0.15, 0.2) is 5.78 Å². The molecule has 2 fully saturated rings. The van der Waals surface area contributed by atoms with Crippen LogP contribution < -0.4 is 5.32 Å². The van der Waals surface area contributed by atoms with Crippen LogP contribution in [0, 0.1) is 23.2 Å². The van der Waals surface area contributed by atoms with Crippen molar-refractivity contribution >= 4 is 11.7 Å². The van der Waals surface area contributed by atoms with E-state index in [1.807, 2.05) is 20.8 Å². The Balaban J connectivity index is 2.00. The number of Topliss-reactive ketones (excluding diaryl/α,β-unsaturated/α-hetero) is 1. The topological polar surface area (TPSA) is 46.2 Å². The Morgan fingerprint density at radius 2 is 1.83 bits per heavy atom. The minimum Gasteiger partial charge on any atom is -0.346 e. The first-order valence-electron chi connectivity index (χ1n) is 7.10. The van der Waals surface area contributed by atoms with Gasteiger partial charge in [-0.1, -0.05) is 27.2 Å². The molecule has 2 saturated carbocycles. The zero-order chi connectivity index (χ0) is 13.5. The molecule has 2 rings (SSSR count). The van der Waals surface area contributed by atoms with Crippen molar-refractivity contribution in [2.45, 2.75) is 59.4 Å². The van der Waals surface area contributed by atoms with E-state index in [2.05, 4.69) is 5.32 Å². The summed E-state index contributed by atoms with van der Waals surface area (Å²) in [6.45, 7) is 7.57. The average Bonchev–Trinajstić information content (AvgIpc) is 2.84. The van der Waals surface area contributed by atoms with Crippen molar-refractivity contribution in [1.29, 1.82) is 0 Å². The monoisotopic (exact) mass is 251 g/mol. The van der Waals surface area contributed by atoms with E-state index in [9.17, 15) is 9.59 Å². The Kier molecular flexibility index (Phi) is 3.52. The van der Waals surface area contributed by atoms with E-state index < -0.39 is 0 Å². The molecule has 3 heteroatoms. The van der Waals surface area contributed by atoms with Crippen molar-refractivity contribution in [2.75, 3.05) is 0 Å². The third-order valence-electron chi connectivity index (χ3n) is 4.63. The van der Waals surface area contributed by atoms with E-state index in [1.165, 1.54) is 19.3 Å². The molecule has 4 atom stereocenters. The molecule has 2 bridgehead atoms. The largest absolute Gasteiger partial charge is 0.346 e. The molecule has 1 amide bonds. The van der Waals surface area contributed by atoms with Crippen LogP contribution in [0.5, 0.6) is 0 Å². The summed E-state index contributed by atoms with van der Waals surface area (Å²) in [5.74, 6) is 1.66. The lowest BCUT2D eigenvalue weighted by atomic mass is 9.83. The van der Waals surface area contributed by atoms with Gasteiger partial charge in [-0.05, 0) is 43.4 Å². The van der Waals surface area contributed by atoms with Crippen LogP contribution in [-0.4, -0.2) is 17.7 Å². The number of rotatable bonds is 3. The van der Waals surface area contributed by atoms with Crippen LogP contribution in [0.2, 0.25) is 0 Å². The zero-order valence-electron chi connectivity index (χ0n) is 12.0. The number of amides is 1. The van der Waals surface area contributed by atoms with Gasteiger partial charge in [-0.3, -0.25) is 9.59 Å². The molecule has 2 unspecified atom stereocenters. The highest BCUT2D eigenvalue weighted by Gasteiger charge is 2.44. The van der Waals surface area contributed by atoms with E-state index in [4.69, 9.17) is 0 Å². The summed E-state index contributed by atoms with van der Waals surface area (Å²) in [5.41, 5.74) is -0.209. The smallest absolute Gasteiger partial charge is 0.223 e. The van der Waals surface area contributed by atoms with Crippen molar-refractivity contribution in [2.24, 2.45) is 23.2 Å². The van der Waals surface area contributed by atoms with Gasteiger partial charge in [0.25, 0.3) is 0 Å². The van der Waals surface area contributed by atoms with Gasteiger partial charge in [0.2, 0.25) is 5.91 Å². The molecular formula is C15H25NO2. The Morgan fingerprint density at radius 1 is 1.17 bits per heavy atom. The predicted octanol–water partition coefficient (Wildman–Crippen LogP) is 2.54. The Morgan fingerprint density at radius 3 is 2.22 bits per heavy atom. The average molecular weight is 251 g/mol. The zero-order valence-corrected chi connectivity index (χ0v) is 12.0. The molecule has 0 aromatic carbocycles. The van der Waals surface area contributed by atoms with E-state index in [1.54, 1.807) is 6.92 Å². The van der Waals surface area contributed by atoms with Crippen LogP contribution in [0.3, 0.4) is 0 Å². The number of hydrogen-bond acceptors (Lipinski definition) is 2. The highest BCUT2D eigenvalue weighted by molar-refractivity contribution is 5.89. The third kappa shape index (κ3) is 2.60. The summed E-state index contributed by atoms with van der Waals surface area (Å²) in [6.07, 6.45) is 4.75. The fourth-order valence-electron chi connectivity index (χ4n) is 3.74. The van der Waals surface area contributed by atoms with Crippen molar-refractivity contribution in [1.82, 2.24) is 5.32 Å². The number of carbonyl (C=O) groups excluding carboxylic acids is 2. The van der Waals surface area contributed by atoms with Gasteiger partial charge in [-0.15, -0.1) is 0 Å². The highest BCUT2D eigenvalue weighted by Crippen LogP contribution is 2.48. The van der Waals surface area contributed by atoms with E-state index in [-0.39, 0.29) is 29.1 Å². The minimum absolute atomic E-state index is 0.0546. The second-order valence-electron chi connectivity index (χ2n) is 7.20. The molecule has 0 heterocycles. The van der Waals surface area contributed by atoms with Crippen LogP contribution in [0.25, 0.3) is 0 Å². The molecule has 1 N–H and O–H groups in total. The lowest BCUT2D eigenvalue weighted by molar-refractivity contribution is -0.132. The summed E-state index contributed by atoms with van der Waals surface area (Å²) in [7, 11) is 0. The summed E-state index contributed by atoms with van der Waals surface area (Å²) in [4.78, 5) is 24.0. The highest BCUT2D eigenvalue weighted by atomic mass is 16.2. The molecule has 2 aliphatic carbocycles. The lowest BCUT2D eigenvalue weighted by Crippen LogP contribution is -2.50. The van der Waals surface area contributed by atoms with Crippen molar-refractivity contribution in [3.8, 4) is 0 Å². The van der Waals surface area contributed by atoms with Gasteiger partial charge in [-0.25, -0.2) is 0 Å². The lowest BCUT2D eigenvalue weighted by Gasteiger charge is -2.31. The first-order chi connectivity index (χ1) is 8.29. The quantitative estimate of drug-likeness (QED) is 0.838. The molecule has 0 aliphatic heterocycles. The Hall–Kier alpha value is -0.860. The summed E-state index contributed by atoms with van der Waals surface area (Å²) in [5, 5.41) is 2.99. The molecule has 3 nitrogen and oxygen atoms in total. The minimum atomic E-state index is -0.357. The molecule has 0 radical (unpaired) electrons. The maximum absolute atomic E-state index is 12.3. The van der Waals surface area contributed by atoms with E-state index in [0.717, 1.165) is 12.3 Å². The first kappa shape index (κ1) is 13.6. The summed E-state index contributed by atoms with van der Waals surface area (Å²) < 4.78 is 0. The Labute approximate surface area is 110 Å². The van der Waals surface area contributed by atoms with Crippen LogP contribution in [-0.2, 0) is 9.59 Å². The third-order valence-corrected chi connectivity index (χ3v) is 4.63. The second-order valence-corrected chi connectivity index (χ2v) is 7.20. The fraction of sp³-hybridized carbons (Fsp3) is 0.867. The molecule has 0 spiro atoms. The molecular weight excluding hydrogens is 226 g/mol. The SMILES string of the molecule is CC(=O)[C@@H](NC(=O)[C@H]1CC2CCC1C2)C(C)(C)C. The van der Waals surface area contributed by atoms with Gasteiger partial charge in [0.1, 0.15) is 0 Å². The number of nitrogens with one attached hydrogen (secondary N) is 1. The standard InChI is InChI=1S/C15H25NO2/c1-9(17)13(15(2,3)4)16-14(18)12-8-10-5-6-11(12)7-10/h10-13H,5-8H2,1-4H3,(H,16,18)/t10?,11?,12-,13+/m0/s1. The summed E-state index contributed by atoms with van der Waals surface area (Å²) >= 11 is 0. The number of carbonyl (C=O) groups is 2. The maximum Gasteiger partial charge on any atom is 0.223 e. The number of ketones is 1. The number of fused-ring (bicyclic) bond motifs is 2. The van der Waals surface area contributed by atoms with Crippen LogP contribution in [0.1, 0.15) is 53.4 Å². The molecule has 0 aromatic heterocycles. The molecule has 0 aromatic rings. The van der Waals surface area contributed by atoms with Gasteiger partial charge in [0.05, 0.1) is 6.04 Å². The molecule has 18 heavy (non-hydrogen) atoms. The number of hydrogen-bond donors (Lipinski definition) is 1. The maximum atomic E-state index is 12.3. The van der Waals surface area contributed by atoms with Crippen LogP contribution in [0.4, 0.5) is 0 Å². The first-order valence-corrected chi connectivity index (χ1v) is 7.10. The van der Waals surface area contributed by atoms with E-state index >= 15 is 0 Å². The molecule has 102 valence electrons. The van der Waals surface area contributed by atoms with Gasteiger partial charge in [0, 0.05) is 5.92 Å². The summed E-state index contributed by atoms with van der Waals surface area (Å²) in [6, 6.07) is -0.357. The van der Waals surface area contributed by atoms with Crippen molar-refractivity contribution in [3.05, 3.63) is 0 Å².